The Morgan fingerprint density at radius 3 is 2.92 bits per heavy atom. The molecule has 1 saturated heterocycles. The van der Waals surface area contributed by atoms with Gasteiger partial charge in [0.2, 0.25) is 5.88 Å². The number of rotatable bonds is 4. The van der Waals surface area contributed by atoms with E-state index >= 15 is 0 Å². The lowest BCUT2D eigenvalue weighted by molar-refractivity contribution is 0.216. The van der Waals surface area contributed by atoms with Crippen molar-refractivity contribution >= 4 is 23.2 Å². The topological polar surface area (TPSA) is 68.4 Å². The fourth-order valence-electron chi connectivity index (χ4n) is 3.14. The second-order valence-electron chi connectivity index (χ2n) is 6.26. The van der Waals surface area contributed by atoms with Gasteiger partial charge < -0.3 is 9.64 Å². The van der Waals surface area contributed by atoms with Crippen LogP contribution < -0.4 is 9.64 Å². The van der Waals surface area contributed by atoms with E-state index in [1.165, 1.54) is 0 Å². The Morgan fingerprint density at radius 2 is 2.12 bits per heavy atom. The van der Waals surface area contributed by atoms with Gasteiger partial charge in [-0.2, -0.15) is 14.6 Å². The first-order chi connectivity index (χ1) is 12.2. The average molecular weight is 359 g/mol. The van der Waals surface area contributed by atoms with Crippen molar-refractivity contribution in [3.05, 3.63) is 41.4 Å². The fraction of sp³-hybridized carbons (Fsp3) is 0.412. The summed E-state index contributed by atoms with van der Waals surface area (Å²) in [6, 6.07) is 5.66. The number of halogens is 1. The second kappa shape index (κ2) is 6.84. The zero-order chi connectivity index (χ0) is 17.2. The molecule has 3 aromatic rings. The van der Waals surface area contributed by atoms with Crippen LogP contribution in [0.25, 0.3) is 5.78 Å². The van der Waals surface area contributed by atoms with Crippen molar-refractivity contribution in [1.29, 1.82) is 0 Å². The molecule has 4 rings (SSSR count). The van der Waals surface area contributed by atoms with E-state index in [4.69, 9.17) is 16.3 Å². The van der Waals surface area contributed by atoms with Crippen LogP contribution in [0.3, 0.4) is 0 Å². The Bertz CT molecular complexity index is 874. The van der Waals surface area contributed by atoms with Crippen LogP contribution in [0.5, 0.6) is 5.88 Å². The van der Waals surface area contributed by atoms with Crippen LogP contribution in [0.4, 0.5) is 5.82 Å². The van der Waals surface area contributed by atoms with Crippen LogP contribution in [0, 0.1) is 12.8 Å². The molecule has 8 heteroatoms. The summed E-state index contributed by atoms with van der Waals surface area (Å²) in [4.78, 5) is 15.1. The molecule has 1 fully saturated rings. The number of aromatic nitrogens is 5. The zero-order valence-corrected chi connectivity index (χ0v) is 14.7. The van der Waals surface area contributed by atoms with Gasteiger partial charge in [-0.1, -0.05) is 11.6 Å². The normalized spacial score (nSPS) is 15.7. The number of ether oxygens (including phenoxy) is 1. The van der Waals surface area contributed by atoms with Gasteiger partial charge in [-0.05, 0) is 37.8 Å². The molecule has 0 saturated carbocycles. The molecule has 25 heavy (non-hydrogen) atoms. The predicted octanol–water partition coefficient (Wildman–Crippen LogP) is 2.78. The van der Waals surface area contributed by atoms with E-state index in [1.54, 1.807) is 29.2 Å². The number of hydrogen-bond acceptors (Lipinski definition) is 6. The lowest BCUT2D eigenvalue weighted by Crippen LogP contribution is -2.36. The Labute approximate surface area is 150 Å². The molecule has 1 aliphatic rings. The third-order valence-electron chi connectivity index (χ3n) is 4.48. The first-order valence-electron chi connectivity index (χ1n) is 8.36. The molecule has 0 bridgehead atoms. The summed E-state index contributed by atoms with van der Waals surface area (Å²) in [5.74, 6) is 2.70. The lowest BCUT2D eigenvalue weighted by Gasteiger charge is -2.33. The van der Waals surface area contributed by atoms with Gasteiger partial charge in [-0.25, -0.2) is 9.97 Å². The van der Waals surface area contributed by atoms with Crippen molar-refractivity contribution in [3.63, 3.8) is 0 Å². The minimum absolute atomic E-state index is 0.489. The Kier molecular flexibility index (Phi) is 4.40. The quantitative estimate of drug-likeness (QED) is 0.714. The van der Waals surface area contributed by atoms with Gasteiger partial charge in [0.1, 0.15) is 17.2 Å². The van der Waals surface area contributed by atoms with Gasteiger partial charge in [0.15, 0.2) is 0 Å². The number of pyridine rings is 1. The summed E-state index contributed by atoms with van der Waals surface area (Å²) >= 11 is 6.09. The van der Waals surface area contributed by atoms with Crippen LogP contribution in [-0.4, -0.2) is 44.3 Å². The van der Waals surface area contributed by atoms with Crippen molar-refractivity contribution < 1.29 is 4.74 Å². The molecule has 3 aromatic heterocycles. The van der Waals surface area contributed by atoms with Crippen molar-refractivity contribution in [3.8, 4) is 5.88 Å². The van der Waals surface area contributed by atoms with Crippen molar-refractivity contribution in [1.82, 2.24) is 24.6 Å². The molecule has 4 heterocycles. The van der Waals surface area contributed by atoms with E-state index in [2.05, 4.69) is 31.0 Å². The number of aryl methyl sites for hydroxylation is 1. The molecule has 1 aliphatic heterocycles. The number of fused-ring (bicyclic) bond motifs is 1. The van der Waals surface area contributed by atoms with Gasteiger partial charge in [0, 0.05) is 31.0 Å². The zero-order valence-electron chi connectivity index (χ0n) is 14.0. The summed E-state index contributed by atoms with van der Waals surface area (Å²) in [6.07, 6.45) is 5.32. The predicted molar refractivity (Wildman–Crippen MR) is 95.2 cm³/mol. The average Bonchev–Trinajstić information content (AvgIpc) is 3.09. The number of anilines is 1. The first-order valence-corrected chi connectivity index (χ1v) is 8.74. The maximum atomic E-state index is 6.09. The molecule has 0 unspecified atom stereocenters. The summed E-state index contributed by atoms with van der Waals surface area (Å²) in [7, 11) is 0. The third kappa shape index (κ3) is 3.37. The van der Waals surface area contributed by atoms with Crippen LogP contribution in [0.1, 0.15) is 18.5 Å². The SMILES string of the molecule is Cc1cc(N2CCC(COc3ncccc3Cl)CC2)n2ncnc2n1. The molecular formula is C17H19ClN6O. The molecule has 0 radical (unpaired) electrons. The van der Waals surface area contributed by atoms with Crippen LogP contribution >= 0.6 is 11.6 Å². The number of piperidine rings is 1. The van der Waals surface area contributed by atoms with Crippen molar-refractivity contribution in [2.45, 2.75) is 19.8 Å². The van der Waals surface area contributed by atoms with E-state index in [0.717, 1.165) is 37.4 Å². The van der Waals surface area contributed by atoms with Gasteiger partial charge in [-0.3, -0.25) is 0 Å². The maximum absolute atomic E-state index is 6.09. The minimum Gasteiger partial charge on any atom is -0.476 e. The molecular weight excluding hydrogens is 340 g/mol. The molecule has 0 amide bonds. The fourth-order valence-corrected chi connectivity index (χ4v) is 3.32. The van der Waals surface area contributed by atoms with Crippen LogP contribution in [-0.2, 0) is 0 Å². The summed E-state index contributed by atoms with van der Waals surface area (Å²) in [5, 5.41) is 4.85. The minimum atomic E-state index is 0.489. The Hall–Kier alpha value is -2.41. The Morgan fingerprint density at radius 1 is 1.28 bits per heavy atom. The first kappa shape index (κ1) is 16.1. The van der Waals surface area contributed by atoms with E-state index in [1.807, 2.05) is 6.92 Å². The largest absolute Gasteiger partial charge is 0.476 e. The molecule has 0 spiro atoms. The van der Waals surface area contributed by atoms with Gasteiger partial charge >= 0.3 is 0 Å². The van der Waals surface area contributed by atoms with E-state index in [9.17, 15) is 0 Å². The van der Waals surface area contributed by atoms with Crippen LogP contribution in [0.15, 0.2) is 30.7 Å². The Balaban J connectivity index is 1.40. The van der Waals surface area contributed by atoms with E-state index in [0.29, 0.717) is 29.2 Å². The number of hydrogen-bond donors (Lipinski definition) is 0. The second-order valence-corrected chi connectivity index (χ2v) is 6.67. The molecule has 0 aromatic carbocycles. The summed E-state index contributed by atoms with van der Waals surface area (Å²) < 4.78 is 7.60. The summed E-state index contributed by atoms with van der Waals surface area (Å²) in [6.45, 7) is 4.51. The highest BCUT2D eigenvalue weighted by Gasteiger charge is 2.22. The maximum Gasteiger partial charge on any atom is 0.254 e. The van der Waals surface area contributed by atoms with Gasteiger partial charge in [0.05, 0.1) is 6.61 Å². The molecule has 0 N–H and O–H groups in total. The van der Waals surface area contributed by atoms with Crippen molar-refractivity contribution in [2.24, 2.45) is 5.92 Å². The third-order valence-corrected chi connectivity index (χ3v) is 4.77. The van der Waals surface area contributed by atoms with E-state index in [-0.39, 0.29) is 0 Å². The van der Waals surface area contributed by atoms with Crippen molar-refractivity contribution in [2.75, 3.05) is 24.6 Å². The highest BCUT2D eigenvalue weighted by atomic mass is 35.5. The van der Waals surface area contributed by atoms with E-state index < -0.39 is 0 Å². The summed E-state index contributed by atoms with van der Waals surface area (Å²) in [5.41, 5.74) is 0.950. The van der Waals surface area contributed by atoms with Gasteiger partial charge in [-0.15, -0.1) is 0 Å². The highest BCUT2D eigenvalue weighted by Crippen LogP contribution is 2.26. The molecule has 130 valence electrons. The lowest BCUT2D eigenvalue weighted by atomic mass is 9.98. The highest BCUT2D eigenvalue weighted by molar-refractivity contribution is 6.31. The number of nitrogens with zero attached hydrogens (tertiary/aromatic N) is 6. The molecule has 7 nitrogen and oxygen atoms in total. The standard InChI is InChI=1S/C17H19ClN6O/c1-12-9-15(24-17(22-12)20-11-21-24)23-7-4-13(5-8-23)10-25-16-14(18)3-2-6-19-16/h2-3,6,9,11,13H,4-5,7-8,10H2,1H3. The molecule has 0 atom stereocenters. The monoisotopic (exact) mass is 358 g/mol. The van der Waals surface area contributed by atoms with Crippen LogP contribution in [0.2, 0.25) is 5.02 Å². The molecule has 0 aliphatic carbocycles. The van der Waals surface area contributed by atoms with Gasteiger partial charge in [0.25, 0.3) is 5.78 Å². The smallest absolute Gasteiger partial charge is 0.254 e.